The van der Waals surface area contributed by atoms with Gasteiger partial charge >= 0.3 is 0 Å². The van der Waals surface area contributed by atoms with Gasteiger partial charge in [-0.1, -0.05) is 0 Å². The number of amides is 1. The van der Waals surface area contributed by atoms with Crippen molar-refractivity contribution in [2.45, 2.75) is 18.9 Å². The first-order chi connectivity index (χ1) is 16.9. The Bertz CT molecular complexity index is 1310. The highest BCUT2D eigenvalue weighted by Crippen LogP contribution is 2.54. The summed E-state index contributed by atoms with van der Waals surface area (Å²) in [6, 6.07) is 9.99. The molecular weight excluding hydrogens is 450 g/mol. The Hall–Kier alpha value is -4.07. The van der Waals surface area contributed by atoms with Crippen LogP contribution in [0.15, 0.2) is 36.4 Å². The number of aromatic hydroxyl groups is 2. The molecular formula is C27H27NO7. The SMILES string of the molecule is COc1cc(OC)cc(C(=O)N2CCc3cc(OC)c(O)c4c3C2Cc2cc(O)c(OC)cc2-4)c1. The number of methoxy groups -OCH3 is 4. The molecule has 0 bridgehead atoms. The van der Waals surface area contributed by atoms with Crippen molar-refractivity contribution in [3.8, 4) is 45.6 Å². The second kappa shape index (κ2) is 8.61. The minimum Gasteiger partial charge on any atom is -0.504 e. The molecule has 8 nitrogen and oxygen atoms in total. The van der Waals surface area contributed by atoms with Gasteiger partial charge in [-0.2, -0.15) is 0 Å². The minimum absolute atomic E-state index is 0.00212. The van der Waals surface area contributed by atoms with Crippen LogP contribution in [0, 0.1) is 0 Å². The molecule has 1 atom stereocenters. The molecule has 2 aliphatic rings. The van der Waals surface area contributed by atoms with E-state index in [4.69, 9.17) is 18.9 Å². The predicted octanol–water partition coefficient (Wildman–Crippen LogP) is 4.09. The van der Waals surface area contributed by atoms with E-state index in [9.17, 15) is 15.0 Å². The Kier molecular flexibility index (Phi) is 5.59. The van der Waals surface area contributed by atoms with Crippen LogP contribution < -0.4 is 18.9 Å². The number of ether oxygens (including phenoxy) is 4. The van der Waals surface area contributed by atoms with Gasteiger partial charge in [-0.15, -0.1) is 0 Å². The summed E-state index contributed by atoms with van der Waals surface area (Å²) >= 11 is 0. The lowest BCUT2D eigenvalue weighted by Gasteiger charge is -2.42. The average molecular weight is 478 g/mol. The van der Waals surface area contributed by atoms with Crippen molar-refractivity contribution in [3.63, 3.8) is 0 Å². The summed E-state index contributed by atoms with van der Waals surface area (Å²) in [5, 5.41) is 21.6. The van der Waals surface area contributed by atoms with Crippen LogP contribution in [-0.2, 0) is 12.8 Å². The Labute approximate surface area is 203 Å². The molecule has 182 valence electrons. The highest BCUT2D eigenvalue weighted by Gasteiger charge is 2.40. The lowest BCUT2D eigenvalue weighted by atomic mass is 9.76. The summed E-state index contributed by atoms with van der Waals surface area (Å²) in [4.78, 5) is 15.6. The molecule has 5 rings (SSSR count). The number of benzene rings is 3. The number of rotatable bonds is 5. The van der Waals surface area contributed by atoms with E-state index < -0.39 is 0 Å². The van der Waals surface area contributed by atoms with Crippen LogP contribution in [0.5, 0.6) is 34.5 Å². The molecule has 0 saturated heterocycles. The van der Waals surface area contributed by atoms with Crippen LogP contribution in [0.3, 0.4) is 0 Å². The van der Waals surface area contributed by atoms with E-state index in [2.05, 4.69) is 0 Å². The molecule has 35 heavy (non-hydrogen) atoms. The van der Waals surface area contributed by atoms with Crippen molar-refractivity contribution in [1.82, 2.24) is 4.90 Å². The number of phenols is 2. The molecule has 1 aliphatic heterocycles. The fourth-order valence-corrected chi connectivity index (χ4v) is 5.22. The molecule has 0 radical (unpaired) electrons. The van der Waals surface area contributed by atoms with E-state index in [0.717, 1.165) is 22.3 Å². The summed E-state index contributed by atoms with van der Waals surface area (Å²) in [6.07, 6.45) is 1.08. The average Bonchev–Trinajstić information content (AvgIpc) is 2.88. The molecule has 1 amide bonds. The number of phenolic OH excluding ortho intramolecular Hbond substituents is 2. The third-order valence-corrected chi connectivity index (χ3v) is 6.89. The fourth-order valence-electron chi connectivity index (χ4n) is 5.22. The molecule has 0 fully saturated rings. The Morgan fingerprint density at radius 2 is 1.54 bits per heavy atom. The molecule has 0 spiro atoms. The van der Waals surface area contributed by atoms with Crippen LogP contribution >= 0.6 is 0 Å². The van der Waals surface area contributed by atoms with E-state index in [1.54, 1.807) is 44.6 Å². The lowest BCUT2D eigenvalue weighted by Crippen LogP contribution is -2.42. The van der Waals surface area contributed by atoms with Gasteiger partial charge in [-0.3, -0.25) is 4.79 Å². The van der Waals surface area contributed by atoms with Gasteiger partial charge in [0.15, 0.2) is 23.0 Å². The minimum atomic E-state index is -0.337. The van der Waals surface area contributed by atoms with E-state index in [1.165, 1.54) is 14.2 Å². The maximum absolute atomic E-state index is 13.8. The molecule has 2 N–H and O–H groups in total. The monoisotopic (exact) mass is 477 g/mol. The van der Waals surface area contributed by atoms with Gasteiger partial charge in [0, 0.05) is 23.7 Å². The van der Waals surface area contributed by atoms with Gasteiger partial charge in [0.25, 0.3) is 5.91 Å². The Morgan fingerprint density at radius 3 is 2.17 bits per heavy atom. The molecule has 3 aromatic rings. The predicted molar refractivity (Wildman–Crippen MR) is 129 cm³/mol. The summed E-state index contributed by atoms with van der Waals surface area (Å²) in [5.74, 6) is 1.57. The maximum atomic E-state index is 13.8. The zero-order valence-electron chi connectivity index (χ0n) is 20.0. The first-order valence-electron chi connectivity index (χ1n) is 11.3. The summed E-state index contributed by atoms with van der Waals surface area (Å²) in [7, 11) is 6.08. The van der Waals surface area contributed by atoms with E-state index in [-0.39, 0.29) is 23.4 Å². The van der Waals surface area contributed by atoms with Crippen molar-refractivity contribution in [3.05, 3.63) is 58.7 Å². The van der Waals surface area contributed by atoms with Gasteiger partial charge < -0.3 is 34.1 Å². The second-order valence-electron chi connectivity index (χ2n) is 8.63. The topological polar surface area (TPSA) is 97.7 Å². The molecule has 0 aromatic heterocycles. The molecule has 3 aromatic carbocycles. The largest absolute Gasteiger partial charge is 0.504 e. The highest BCUT2D eigenvalue weighted by atomic mass is 16.5. The van der Waals surface area contributed by atoms with Crippen LogP contribution in [0.25, 0.3) is 11.1 Å². The van der Waals surface area contributed by atoms with Crippen molar-refractivity contribution in [1.29, 1.82) is 0 Å². The van der Waals surface area contributed by atoms with Crippen LogP contribution in [0.2, 0.25) is 0 Å². The third-order valence-electron chi connectivity index (χ3n) is 6.89. The second-order valence-corrected chi connectivity index (χ2v) is 8.63. The molecule has 1 aliphatic carbocycles. The first kappa shape index (κ1) is 22.7. The summed E-state index contributed by atoms with van der Waals surface area (Å²) in [5.41, 5.74) is 4.51. The molecule has 1 unspecified atom stereocenters. The zero-order valence-corrected chi connectivity index (χ0v) is 20.0. The molecule has 0 saturated carbocycles. The van der Waals surface area contributed by atoms with Crippen LogP contribution in [-0.4, -0.2) is 56.0 Å². The van der Waals surface area contributed by atoms with Gasteiger partial charge in [0.1, 0.15) is 11.5 Å². The third kappa shape index (κ3) is 3.56. The van der Waals surface area contributed by atoms with E-state index in [0.29, 0.717) is 53.5 Å². The normalized spacial score (nSPS) is 15.7. The summed E-state index contributed by atoms with van der Waals surface area (Å²) < 4.78 is 21.5. The first-order valence-corrected chi connectivity index (χ1v) is 11.3. The van der Waals surface area contributed by atoms with Gasteiger partial charge in [0.05, 0.1) is 34.5 Å². The Morgan fingerprint density at radius 1 is 0.857 bits per heavy atom. The van der Waals surface area contributed by atoms with Crippen molar-refractivity contribution >= 4 is 5.91 Å². The van der Waals surface area contributed by atoms with Crippen molar-refractivity contribution in [2.24, 2.45) is 0 Å². The highest BCUT2D eigenvalue weighted by molar-refractivity contribution is 5.96. The summed E-state index contributed by atoms with van der Waals surface area (Å²) in [6.45, 7) is 0.487. The van der Waals surface area contributed by atoms with E-state index >= 15 is 0 Å². The quantitative estimate of drug-likeness (QED) is 0.571. The standard InChI is InChI=1S/C27H27NO7/c1-32-17-7-16(8-18(12-17)33-2)27(31)28-6-5-14-11-23(35-4)26(30)25-19-13-22(34-3)21(29)10-15(19)9-20(28)24(14)25/h7-8,10-13,20,29-30H,5-6,9H2,1-4H3. The van der Waals surface area contributed by atoms with Crippen molar-refractivity contribution < 1.29 is 34.0 Å². The number of fused-ring (bicyclic) bond motifs is 2. The maximum Gasteiger partial charge on any atom is 0.254 e. The number of carbonyl (C=O) groups is 1. The number of hydrogen-bond donors (Lipinski definition) is 2. The Balaban J connectivity index is 1.67. The number of nitrogens with zero attached hydrogens (tertiary/aromatic N) is 1. The lowest BCUT2D eigenvalue weighted by molar-refractivity contribution is 0.0657. The number of carbonyl (C=O) groups excluding carboxylic acids is 1. The molecule has 8 heteroatoms. The fraction of sp³-hybridized carbons (Fsp3) is 0.296. The van der Waals surface area contributed by atoms with Gasteiger partial charge in [-0.05, 0) is 65.4 Å². The van der Waals surface area contributed by atoms with Crippen molar-refractivity contribution in [2.75, 3.05) is 35.0 Å². The van der Waals surface area contributed by atoms with Gasteiger partial charge in [-0.25, -0.2) is 0 Å². The van der Waals surface area contributed by atoms with Gasteiger partial charge in [0.2, 0.25) is 0 Å². The van der Waals surface area contributed by atoms with Crippen LogP contribution in [0.4, 0.5) is 0 Å². The smallest absolute Gasteiger partial charge is 0.254 e. The van der Waals surface area contributed by atoms with E-state index in [1.807, 2.05) is 11.0 Å². The number of hydrogen-bond acceptors (Lipinski definition) is 7. The molecule has 1 heterocycles. The zero-order chi connectivity index (χ0) is 24.9. The van der Waals surface area contributed by atoms with Crippen LogP contribution in [0.1, 0.15) is 33.1 Å².